The van der Waals surface area contributed by atoms with Gasteiger partial charge in [0.15, 0.2) is 5.01 Å². The lowest BCUT2D eigenvalue weighted by molar-refractivity contribution is 0.209. The smallest absolute Gasteiger partial charge is 0.411 e. The molecule has 1 aromatic carbocycles. The Balaban J connectivity index is 2.37. The van der Waals surface area contributed by atoms with E-state index in [1.807, 2.05) is 13.8 Å². The van der Waals surface area contributed by atoms with E-state index in [9.17, 15) is 4.79 Å². The van der Waals surface area contributed by atoms with Gasteiger partial charge in [-0.05, 0) is 32.0 Å². The van der Waals surface area contributed by atoms with Crippen molar-refractivity contribution in [2.45, 2.75) is 20.0 Å². The van der Waals surface area contributed by atoms with Crippen molar-refractivity contribution in [3.8, 4) is 16.3 Å². The normalized spacial score (nSPS) is 10.6. The highest BCUT2D eigenvalue weighted by molar-refractivity contribution is 7.18. The Hall–Kier alpha value is -1.86. The first kappa shape index (κ1) is 14.5. The van der Waals surface area contributed by atoms with Crippen LogP contribution >= 0.6 is 22.9 Å². The molecular formula is C12H12ClN3O3S. The number of carbonyl (C=O) groups is 1. The van der Waals surface area contributed by atoms with Gasteiger partial charge in [-0.1, -0.05) is 22.9 Å². The van der Waals surface area contributed by atoms with E-state index >= 15 is 0 Å². The Bertz CT molecular complexity index is 630. The molecule has 6 nitrogen and oxygen atoms in total. The maximum absolute atomic E-state index is 10.6. The third-order valence-corrected chi connectivity index (χ3v) is 3.28. The molecular weight excluding hydrogens is 302 g/mol. The molecule has 0 aliphatic rings. The van der Waals surface area contributed by atoms with Gasteiger partial charge >= 0.3 is 6.09 Å². The van der Waals surface area contributed by atoms with Gasteiger partial charge in [0.25, 0.3) is 0 Å². The minimum absolute atomic E-state index is 0.000498. The van der Waals surface area contributed by atoms with Gasteiger partial charge in [0.2, 0.25) is 5.13 Å². The number of hydrogen-bond acceptors (Lipinski definition) is 5. The van der Waals surface area contributed by atoms with Crippen molar-refractivity contribution in [3.05, 3.63) is 23.2 Å². The van der Waals surface area contributed by atoms with Crippen LogP contribution in [0.15, 0.2) is 18.2 Å². The Morgan fingerprint density at radius 2 is 2.20 bits per heavy atom. The fourth-order valence-electron chi connectivity index (χ4n) is 1.50. The molecule has 1 heterocycles. The van der Waals surface area contributed by atoms with Gasteiger partial charge in [-0.15, -0.1) is 10.2 Å². The van der Waals surface area contributed by atoms with Gasteiger partial charge in [0.1, 0.15) is 5.75 Å². The summed E-state index contributed by atoms with van der Waals surface area (Å²) in [6.07, 6.45) is -1.18. The molecule has 0 bridgehead atoms. The number of carboxylic acid groups (broad SMARTS) is 1. The molecule has 0 spiro atoms. The highest BCUT2D eigenvalue weighted by Gasteiger charge is 2.14. The van der Waals surface area contributed by atoms with Crippen LogP contribution in [0.25, 0.3) is 10.6 Å². The molecule has 2 N–H and O–H groups in total. The molecule has 20 heavy (non-hydrogen) atoms. The van der Waals surface area contributed by atoms with Crippen LogP contribution in [-0.2, 0) is 0 Å². The molecule has 0 unspecified atom stereocenters. The SMILES string of the molecule is CC(C)Oc1ccc(Cl)cc1-c1nnc(NC(=O)O)s1. The molecule has 0 aliphatic carbocycles. The number of nitrogens with zero attached hydrogens (tertiary/aromatic N) is 2. The number of halogens is 1. The molecule has 2 rings (SSSR count). The van der Waals surface area contributed by atoms with Crippen LogP contribution in [0.3, 0.4) is 0 Å². The van der Waals surface area contributed by atoms with E-state index < -0.39 is 6.09 Å². The lowest BCUT2D eigenvalue weighted by atomic mass is 10.2. The van der Waals surface area contributed by atoms with Crippen LogP contribution in [0.2, 0.25) is 5.02 Å². The van der Waals surface area contributed by atoms with Gasteiger partial charge in [-0.25, -0.2) is 4.79 Å². The first-order valence-electron chi connectivity index (χ1n) is 5.75. The molecule has 8 heteroatoms. The number of rotatable bonds is 4. The summed E-state index contributed by atoms with van der Waals surface area (Å²) in [5.41, 5.74) is 0.683. The average molecular weight is 314 g/mol. The van der Waals surface area contributed by atoms with Gasteiger partial charge in [0, 0.05) is 5.02 Å². The lowest BCUT2D eigenvalue weighted by Crippen LogP contribution is -2.06. The predicted octanol–water partition coefficient (Wildman–Crippen LogP) is 3.74. The largest absolute Gasteiger partial charge is 0.490 e. The topological polar surface area (TPSA) is 84.3 Å². The third-order valence-electron chi connectivity index (χ3n) is 2.17. The van der Waals surface area contributed by atoms with Gasteiger partial charge < -0.3 is 9.84 Å². The quantitative estimate of drug-likeness (QED) is 0.898. The number of aromatic nitrogens is 2. The molecule has 1 amide bonds. The van der Waals surface area contributed by atoms with Crippen LogP contribution in [0.4, 0.5) is 9.93 Å². The van der Waals surface area contributed by atoms with Crippen LogP contribution in [0.1, 0.15) is 13.8 Å². The van der Waals surface area contributed by atoms with Crippen molar-refractivity contribution >= 4 is 34.2 Å². The highest BCUT2D eigenvalue weighted by atomic mass is 35.5. The molecule has 0 radical (unpaired) electrons. The van der Waals surface area contributed by atoms with Crippen molar-refractivity contribution in [1.82, 2.24) is 10.2 Å². The zero-order chi connectivity index (χ0) is 14.7. The summed E-state index contributed by atoms with van der Waals surface area (Å²) in [5.74, 6) is 0.627. The average Bonchev–Trinajstić information content (AvgIpc) is 2.78. The number of benzene rings is 1. The predicted molar refractivity (Wildman–Crippen MR) is 77.8 cm³/mol. The van der Waals surface area contributed by atoms with E-state index in [1.165, 1.54) is 0 Å². The van der Waals surface area contributed by atoms with Crippen LogP contribution < -0.4 is 10.1 Å². The minimum atomic E-state index is -1.18. The third kappa shape index (κ3) is 3.58. The van der Waals surface area contributed by atoms with Crippen LogP contribution in [0, 0.1) is 0 Å². The Labute approximate surface area is 124 Å². The van der Waals surface area contributed by atoms with Crippen molar-refractivity contribution in [2.24, 2.45) is 0 Å². The first-order chi connectivity index (χ1) is 9.45. The summed E-state index contributed by atoms with van der Waals surface area (Å²) < 4.78 is 5.69. The van der Waals surface area contributed by atoms with E-state index in [0.717, 1.165) is 11.3 Å². The van der Waals surface area contributed by atoms with Crippen LogP contribution in [0.5, 0.6) is 5.75 Å². The molecule has 0 atom stereocenters. The van der Waals surface area contributed by atoms with E-state index in [0.29, 0.717) is 21.3 Å². The van der Waals surface area contributed by atoms with Crippen molar-refractivity contribution in [1.29, 1.82) is 0 Å². The fourth-order valence-corrected chi connectivity index (χ4v) is 2.43. The Kier molecular flexibility index (Phi) is 4.41. The summed E-state index contributed by atoms with van der Waals surface area (Å²) in [6.45, 7) is 3.83. The van der Waals surface area contributed by atoms with Crippen molar-refractivity contribution in [2.75, 3.05) is 5.32 Å². The first-order valence-corrected chi connectivity index (χ1v) is 6.95. The monoisotopic (exact) mass is 313 g/mol. The summed E-state index contributed by atoms with van der Waals surface area (Å²) in [6, 6.07) is 5.19. The molecule has 0 saturated heterocycles. The standard InChI is InChI=1S/C12H12ClN3O3S/c1-6(2)19-9-4-3-7(13)5-8(9)10-15-16-11(20-10)14-12(17)18/h3-6H,1-2H3,(H,14,16)(H,17,18). The summed E-state index contributed by atoms with van der Waals surface area (Å²) in [4.78, 5) is 10.6. The maximum atomic E-state index is 10.6. The minimum Gasteiger partial charge on any atom is -0.490 e. The second-order valence-corrected chi connectivity index (χ2v) is 5.56. The molecule has 0 saturated carbocycles. The number of anilines is 1. The zero-order valence-corrected chi connectivity index (χ0v) is 12.3. The fraction of sp³-hybridized carbons (Fsp3) is 0.250. The van der Waals surface area contributed by atoms with Gasteiger partial charge in [-0.3, -0.25) is 5.32 Å². The van der Waals surface area contributed by atoms with Crippen molar-refractivity contribution < 1.29 is 14.6 Å². The number of ether oxygens (including phenoxy) is 1. The second-order valence-electron chi connectivity index (χ2n) is 4.15. The Morgan fingerprint density at radius 1 is 1.45 bits per heavy atom. The van der Waals surface area contributed by atoms with Crippen molar-refractivity contribution in [3.63, 3.8) is 0 Å². The van der Waals surface area contributed by atoms with Gasteiger partial charge in [0.05, 0.1) is 11.7 Å². The summed E-state index contributed by atoms with van der Waals surface area (Å²) >= 11 is 7.10. The van der Waals surface area contributed by atoms with E-state index in [2.05, 4.69) is 15.5 Å². The summed E-state index contributed by atoms with van der Waals surface area (Å²) in [7, 11) is 0. The molecule has 106 valence electrons. The van der Waals surface area contributed by atoms with E-state index in [-0.39, 0.29) is 11.2 Å². The number of nitrogens with one attached hydrogen (secondary N) is 1. The molecule has 0 fully saturated rings. The van der Waals surface area contributed by atoms with E-state index in [1.54, 1.807) is 18.2 Å². The second kappa shape index (κ2) is 6.06. The van der Waals surface area contributed by atoms with Gasteiger partial charge in [-0.2, -0.15) is 0 Å². The highest BCUT2D eigenvalue weighted by Crippen LogP contribution is 2.36. The lowest BCUT2D eigenvalue weighted by Gasteiger charge is -2.12. The molecule has 2 aromatic rings. The zero-order valence-electron chi connectivity index (χ0n) is 10.8. The number of amides is 1. The molecule has 1 aromatic heterocycles. The number of hydrogen-bond donors (Lipinski definition) is 2. The Morgan fingerprint density at radius 3 is 2.85 bits per heavy atom. The molecule has 0 aliphatic heterocycles. The van der Waals surface area contributed by atoms with E-state index in [4.69, 9.17) is 21.4 Å². The summed E-state index contributed by atoms with van der Waals surface area (Å²) in [5, 5.41) is 19.8. The maximum Gasteiger partial charge on any atom is 0.411 e. The van der Waals surface area contributed by atoms with Crippen LogP contribution in [-0.4, -0.2) is 27.5 Å².